The Kier molecular flexibility index (Phi) is 4.45. The molecular formula is C23H25N5. The minimum Gasteiger partial charge on any atom is -0.330 e. The predicted octanol–water partition coefficient (Wildman–Crippen LogP) is 4.08. The topological polar surface area (TPSA) is 38.9 Å². The standard InChI is InChI=1S/C23H25N5/c1-26-20(16-27-12-4-5-13-27)14-24-23(26)19-10-8-18(9-11-19)15-28-17-25-21-6-2-3-7-22(21)28/h2-3,6-11,14,17H,4-5,12-13,15-16H2,1H3. The Morgan fingerprint density at radius 3 is 2.50 bits per heavy atom. The van der Waals surface area contributed by atoms with Gasteiger partial charge in [-0.1, -0.05) is 36.4 Å². The Labute approximate surface area is 165 Å². The van der Waals surface area contributed by atoms with Crippen molar-refractivity contribution in [2.75, 3.05) is 13.1 Å². The highest BCUT2D eigenvalue weighted by molar-refractivity contribution is 5.75. The lowest BCUT2D eigenvalue weighted by Gasteiger charge is -2.15. The summed E-state index contributed by atoms with van der Waals surface area (Å²) in [5.74, 6) is 1.04. The van der Waals surface area contributed by atoms with Crippen LogP contribution in [0.25, 0.3) is 22.4 Å². The van der Waals surface area contributed by atoms with Crippen molar-refractivity contribution in [3.05, 3.63) is 72.3 Å². The normalized spacial score (nSPS) is 14.9. The SMILES string of the molecule is Cn1c(CN2CCCC2)cnc1-c1ccc(Cn2cnc3ccccc32)cc1. The van der Waals surface area contributed by atoms with E-state index in [2.05, 4.69) is 68.5 Å². The number of hydrogen-bond acceptors (Lipinski definition) is 3. The smallest absolute Gasteiger partial charge is 0.139 e. The monoisotopic (exact) mass is 371 g/mol. The average Bonchev–Trinajstić information content (AvgIpc) is 3.46. The summed E-state index contributed by atoms with van der Waals surface area (Å²) in [5.41, 5.74) is 5.92. The van der Waals surface area contributed by atoms with Gasteiger partial charge in [0, 0.05) is 25.7 Å². The molecule has 0 N–H and O–H groups in total. The maximum absolute atomic E-state index is 4.70. The fourth-order valence-corrected chi connectivity index (χ4v) is 4.12. The Hall–Kier alpha value is -2.92. The van der Waals surface area contributed by atoms with E-state index in [0.29, 0.717) is 0 Å². The zero-order chi connectivity index (χ0) is 18.9. The first-order chi connectivity index (χ1) is 13.8. The molecule has 3 heterocycles. The largest absolute Gasteiger partial charge is 0.330 e. The molecular weight excluding hydrogens is 346 g/mol. The lowest BCUT2D eigenvalue weighted by atomic mass is 10.1. The summed E-state index contributed by atoms with van der Waals surface area (Å²) in [6.07, 6.45) is 6.58. The molecule has 5 heteroatoms. The molecule has 142 valence electrons. The van der Waals surface area contributed by atoms with Gasteiger partial charge in [-0.25, -0.2) is 9.97 Å². The highest BCUT2D eigenvalue weighted by Gasteiger charge is 2.15. The fourth-order valence-electron chi connectivity index (χ4n) is 4.12. The Morgan fingerprint density at radius 1 is 0.893 bits per heavy atom. The molecule has 1 aliphatic rings. The van der Waals surface area contributed by atoms with Crippen LogP contribution in [0.2, 0.25) is 0 Å². The maximum Gasteiger partial charge on any atom is 0.139 e. The van der Waals surface area contributed by atoms with E-state index < -0.39 is 0 Å². The fraction of sp³-hybridized carbons (Fsp3) is 0.304. The molecule has 0 radical (unpaired) electrons. The maximum atomic E-state index is 4.70. The van der Waals surface area contributed by atoms with Gasteiger partial charge in [-0.05, 0) is 43.6 Å². The molecule has 28 heavy (non-hydrogen) atoms. The van der Waals surface area contributed by atoms with Crippen molar-refractivity contribution in [1.82, 2.24) is 24.0 Å². The van der Waals surface area contributed by atoms with E-state index >= 15 is 0 Å². The summed E-state index contributed by atoms with van der Waals surface area (Å²) >= 11 is 0. The number of nitrogens with zero attached hydrogens (tertiary/aromatic N) is 5. The van der Waals surface area contributed by atoms with Crippen molar-refractivity contribution in [3.63, 3.8) is 0 Å². The molecule has 5 nitrogen and oxygen atoms in total. The minimum atomic E-state index is 0.821. The second-order valence-corrected chi connectivity index (χ2v) is 7.67. The molecule has 2 aromatic heterocycles. The molecule has 5 rings (SSSR count). The summed E-state index contributed by atoms with van der Waals surface area (Å²) in [5, 5.41) is 0. The number of para-hydroxylation sites is 2. The first-order valence-corrected chi connectivity index (χ1v) is 10.00. The first-order valence-electron chi connectivity index (χ1n) is 10.00. The molecule has 1 saturated heterocycles. The van der Waals surface area contributed by atoms with Gasteiger partial charge >= 0.3 is 0 Å². The van der Waals surface area contributed by atoms with Gasteiger partial charge < -0.3 is 9.13 Å². The van der Waals surface area contributed by atoms with Crippen LogP contribution >= 0.6 is 0 Å². The number of aromatic nitrogens is 4. The molecule has 1 fully saturated rings. The second kappa shape index (κ2) is 7.24. The van der Waals surface area contributed by atoms with Gasteiger partial charge in [0.25, 0.3) is 0 Å². The zero-order valence-corrected chi connectivity index (χ0v) is 16.3. The summed E-state index contributed by atoms with van der Waals surface area (Å²) in [4.78, 5) is 11.7. The zero-order valence-electron chi connectivity index (χ0n) is 16.3. The van der Waals surface area contributed by atoms with Crippen LogP contribution in [-0.2, 0) is 20.1 Å². The molecule has 2 aromatic carbocycles. The van der Waals surface area contributed by atoms with E-state index in [-0.39, 0.29) is 0 Å². The summed E-state index contributed by atoms with van der Waals surface area (Å²) in [6, 6.07) is 17.0. The third-order valence-electron chi connectivity index (χ3n) is 5.76. The number of imidazole rings is 2. The van der Waals surface area contributed by atoms with E-state index in [1.807, 2.05) is 18.6 Å². The Morgan fingerprint density at radius 2 is 1.68 bits per heavy atom. The summed E-state index contributed by atoms with van der Waals surface area (Å²) in [6.45, 7) is 4.23. The lowest BCUT2D eigenvalue weighted by Crippen LogP contribution is -2.20. The van der Waals surface area contributed by atoms with Crippen molar-refractivity contribution < 1.29 is 0 Å². The molecule has 1 aliphatic heterocycles. The molecule has 0 spiro atoms. The first kappa shape index (κ1) is 17.2. The highest BCUT2D eigenvalue weighted by Crippen LogP contribution is 2.22. The van der Waals surface area contributed by atoms with Crippen molar-refractivity contribution in [2.24, 2.45) is 7.05 Å². The van der Waals surface area contributed by atoms with Gasteiger partial charge in [0.05, 0.1) is 29.3 Å². The third-order valence-corrected chi connectivity index (χ3v) is 5.76. The van der Waals surface area contributed by atoms with E-state index in [1.54, 1.807) is 0 Å². The van der Waals surface area contributed by atoms with Gasteiger partial charge in [-0.3, -0.25) is 4.90 Å². The number of likely N-dealkylation sites (tertiary alicyclic amines) is 1. The van der Waals surface area contributed by atoms with Crippen LogP contribution in [-0.4, -0.2) is 37.1 Å². The lowest BCUT2D eigenvalue weighted by molar-refractivity contribution is 0.323. The van der Waals surface area contributed by atoms with E-state index in [0.717, 1.165) is 30.0 Å². The highest BCUT2D eigenvalue weighted by atomic mass is 15.2. The van der Waals surface area contributed by atoms with Gasteiger partial charge in [0.1, 0.15) is 5.82 Å². The van der Waals surface area contributed by atoms with Crippen molar-refractivity contribution in [1.29, 1.82) is 0 Å². The van der Waals surface area contributed by atoms with Crippen LogP contribution < -0.4 is 0 Å². The summed E-state index contributed by atoms with van der Waals surface area (Å²) < 4.78 is 4.43. The Bertz CT molecular complexity index is 1080. The Balaban J connectivity index is 1.34. The van der Waals surface area contributed by atoms with E-state index in [1.165, 1.54) is 42.7 Å². The van der Waals surface area contributed by atoms with Crippen LogP contribution in [0.15, 0.2) is 61.1 Å². The quantitative estimate of drug-likeness (QED) is 0.531. The van der Waals surface area contributed by atoms with Crippen LogP contribution in [0, 0.1) is 0 Å². The van der Waals surface area contributed by atoms with Gasteiger partial charge in [-0.2, -0.15) is 0 Å². The van der Waals surface area contributed by atoms with Crippen LogP contribution in [0.3, 0.4) is 0 Å². The minimum absolute atomic E-state index is 0.821. The van der Waals surface area contributed by atoms with Gasteiger partial charge in [0.15, 0.2) is 0 Å². The van der Waals surface area contributed by atoms with Crippen molar-refractivity contribution in [3.8, 4) is 11.4 Å². The van der Waals surface area contributed by atoms with Crippen LogP contribution in [0.5, 0.6) is 0 Å². The molecule has 0 atom stereocenters. The number of hydrogen-bond donors (Lipinski definition) is 0. The van der Waals surface area contributed by atoms with Crippen molar-refractivity contribution in [2.45, 2.75) is 25.9 Å². The van der Waals surface area contributed by atoms with E-state index in [4.69, 9.17) is 4.98 Å². The summed E-state index contributed by atoms with van der Waals surface area (Å²) in [7, 11) is 2.12. The average molecular weight is 371 g/mol. The number of rotatable bonds is 5. The second-order valence-electron chi connectivity index (χ2n) is 7.67. The predicted molar refractivity (Wildman–Crippen MR) is 112 cm³/mol. The van der Waals surface area contributed by atoms with Gasteiger partial charge in [-0.15, -0.1) is 0 Å². The molecule has 0 saturated carbocycles. The van der Waals surface area contributed by atoms with Crippen LogP contribution in [0.1, 0.15) is 24.1 Å². The molecule has 0 amide bonds. The van der Waals surface area contributed by atoms with E-state index in [9.17, 15) is 0 Å². The third kappa shape index (κ3) is 3.22. The van der Waals surface area contributed by atoms with Gasteiger partial charge in [0.2, 0.25) is 0 Å². The number of fused-ring (bicyclic) bond motifs is 1. The number of benzene rings is 2. The molecule has 0 unspecified atom stereocenters. The molecule has 0 bridgehead atoms. The van der Waals surface area contributed by atoms with Crippen molar-refractivity contribution >= 4 is 11.0 Å². The molecule has 0 aliphatic carbocycles. The van der Waals surface area contributed by atoms with Crippen LogP contribution in [0.4, 0.5) is 0 Å². The molecule has 4 aromatic rings.